The fourth-order valence-corrected chi connectivity index (χ4v) is 5.87. The summed E-state index contributed by atoms with van der Waals surface area (Å²) in [5.41, 5.74) is 9.89. The van der Waals surface area contributed by atoms with Crippen LogP contribution in [-0.4, -0.2) is 40.4 Å². The predicted octanol–water partition coefficient (Wildman–Crippen LogP) is 8.73. The molecule has 0 fully saturated rings. The Balaban J connectivity index is 1.39. The summed E-state index contributed by atoms with van der Waals surface area (Å²) in [6, 6.07) is 39.0. The van der Waals surface area contributed by atoms with Crippen molar-refractivity contribution >= 4 is 22.1 Å². The highest BCUT2D eigenvalue weighted by molar-refractivity contribution is 6.03. The zero-order chi connectivity index (χ0) is 32.8. The van der Waals surface area contributed by atoms with Gasteiger partial charge in [-0.15, -0.1) is 0 Å². The third-order valence-electron chi connectivity index (χ3n) is 8.24. The molecule has 230 valence electrons. The van der Waals surface area contributed by atoms with Gasteiger partial charge in [-0.2, -0.15) is 0 Å². The zero-order valence-electron chi connectivity index (χ0n) is 25.3. The molecule has 0 spiro atoms. The first-order valence-corrected chi connectivity index (χ1v) is 15.2. The van der Waals surface area contributed by atoms with E-state index in [4.69, 9.17) is 19.9 Å². The normalized spacial score (nSPS) is 11.2. The SMILES string of the molecule is Oc1ccc(-c2nc3cccc(-c4cccc5nc(-c6ccc(O)cc6)c(-c6ccc(O)cc6)nc45)c3nc2-c2ccc(O)cc2)cc1. The standard InChI is InChI=1S/C40H26N4O4/c45-27-15-7-23(8-16-27)35-37(25-11-19-29(47)20-12-25)43-39-31(3-1-5-33(39)41-35)32-4-2-6-34-40(32)44-38(26-13-21-30(48)22-14-26)36(42-34)24-9-17-28(46)18-10-24/h1-22,45-48H. The second kappa shape index (κ2) is 11.5. The minimum absolute atomic E-state index is 0.143. The first kappa shape index (κ1) is 28.7. The van der Waals surface area contributed by atoms with Gasteiger partial charge in [0.25, 0.3) is 0 Å². The molecular weight excluding hydrogens is 600 g/mol. The molecule has 0 unspecified atom stereocenters. The molecule has 0 aliphatic rings. The Morgan fingerprint density at radius 3 is 0.854 bits per heavy atom. The molecule has 0 aliphatic heterocycles. The Morgan fingerprint density at radius 1 is 0.292 bits per heavy atom. The number of hydrogen-bond acceptors (Lipinski definition) is 8. The lowest BCUT2D eigenvalue weighted by Crippen LogP contribution is -1.99. The number of aromatic hydroxyl groups is 4. The van der Waals surface area contributed by atoms with Crippen molar-refractivity contribution in [2.24, 2.45) is 0 Å². The van der Waals surface area contributed by atoms with E-state index in [1.165, 1.54) is 0 Å². The Hall–Kier alpha value is -6.80. The van der Waals surface area contributed by atoms with Crippen LogP contribution in [-0.2, 0) is 0 Å². The summed E-state index contributed by atoms with van der Waals surface area (Å²) in [5, 5.41) is 39.9. The van der Waals surface area contributed by atoms with Gasteiger partial charge >= 0.3 is 0 Å². The second-order valence-corrected chi connectivity index (χ2v) is 11.4. The summed E-state index contributed by atoms with van der Waals surface area (Å²) in [5.74, 6) is 0.589. The molecule has 4 N–H and O–H groups in total. The average molecular weight is 627 g/mol. The van der Waals surface area contributed by atoms with Crippen molar-refractivity contribution < 1.29 is 20.4 Å². The molecule has 0 amide bonds. The largest absolute Gasteiger partial charge is 0.508 e. The van der Waals surface area contributed by atoms with Gasteiger partial charge in [0.1, 0.15) is 23.0 Å². The van der Waals surface area contributed by atoms with Crippen LogP contribution >= 0.6 is 0 Å². The maximum Gasteiger partial charge on any atom is 0.115 e. The van der Waals surface area contributed by atoms with E-state index in [1.54, 1.807) is 97.1 Å². The maximum atomic E-state index is 10.0. The number of fused-ring (bicyclic) bond motifs is 2. The molecule has 2 heterocycles. The highest BCUT2D eigenvalue weighted by Crippen LogP contribution is 2.39. The lowest BCUT2D eigenvalue weighted by atomic mass is 9.98. The molecule has 0 radical (unpaired) electrons. The fraction of sp³-hybridized carbons (Fsp3) is 0. The Morgan fingerprint density at radius 2 is 0.562 bits per heavy atom. The molecule has 6 aromatic carbocycles. The minimum Gasteiger partial charge on any atom is -0.508 e. The molecule has 0 atom stereocenters. The molecule has 8 rings (SSSR count). The zero-order valence-corrected chi connectivity index (χ0v) is 25.3. The number of nitrogens with zero attached hydrogens (tertiary/aromatic N) is 4. The van der Waals surface area contributed by atoms with E-state index >= 15 is 0 Å². The van der Waals surface area contributed by atoms with Crippen LogP contribution in [0.25, 0.3) is 78.2 Å². The lowest BCUT2D eigenvalue weighted by Gasteiger charge is -2.15. The van der Waals surface area contributed by atoms with Gasteiger partial charge in [-0.05, 0) is 109 Å². The minimum atomic E-state index is 0.143. The van der Waals surface area contributed by atoms with Crippen molar-refractivity contribution in [3.8, 4) is 79.2 Å². The number of phenols is 4. The van der Waals surface area contributed by atoms with E-state index < -0.39 is 0 Å². The third kappa shape index (κ3) is 5.17. The van der Waals surface area contributed by atoms with E-state index in [1.807, 2.05) is 36.4 Å². The Labute approximate surface area is 274 Å². The number of phenolic OH excluding ortho intramolecular Hbond substituents is 4. The van der Waals surface area contributed by atoms with Crippen molar-refractivity contribution in [1.29, 1.82) is 0 Å². The number of para-hydroxylation sites is 2. The van der Waals surface area contributed by atoms with Crippen LogP contribution in [0, 0.1) is 0 Å². The second-order valence-electron chi connectivity index (χ2n) is 11.4. The van der Waals surface area contributed by atoms with Gasteiger partial charge in [0.05, 0.1) is 44.8 Å². The average Bonchev–Trinajstić information content (AvgIpc) is 3.11. The molecular formula is C40H26N4O4. The quantitative estimate of drug-likeness (QED) is 0.149. The number of rotatable bonds is 5. The first-order chi connectivity index (χ1) is 23.4. The molecule has 8 heteroatoms. The van der Waals surface area contributed by atoms with Crippen molar-refractivity contribution in [3.63, 3.8) is 0 Å². The molecule has 48 heavy (non-hydrogen) atoms. The van der Waals surface area contributed by atoms with Crippen LogP contribution < -0.4 is 0 Å². The van der Waals surface area contributed by atoms with E-state index in [0.29, 0.717) is 44.8 Å². The Kier molecular flexibility index (Phi) is 6.88. The van der Waals surface area contributed by atoms with Gasteiger partial charge in [0.15, 0.2) is 0 Å². The molecule has 0 aliphatic carbocycles. The van der Waals surface area contributed by atoms with Crippen molar-refractivity contribution in [1.82, 2.24) is 19.9 Å². The van der Waals surface area contributed by atoms with Crippen molar-refractivity contribution in [3.05, 3.63) is 133 Å². The highest BCUT2D eigenvalue weighted by atomic mass is 16.3. The number of benzene rings is 6. The summed E-state index contributed by atoms with van der Waals surface area (Å²) in [6.07, 6.45) is 0. The highest BCUT2D eigenvalue weighted by Gasteiger charge is 2.20. The first-order valence-electron chi connectivity index (χ1n) is 15.2. The van der Waals surface area contributed by atoms with Crippen LogP contribution in [0.5, 0.6) is 23.0 Å². The summed E-state index contributed by atoms with van der Waals surface area (Å²) in [4.78, 5) is 20.6. The van der Waals surface area contributed by atoms with Crippen LogP contribution in [0.3, 0.4) is 0 Å². The monoisotopic (exact) mass is 626 g/mol. The number of aromatic nitrogens is 4. The summed E-state index contributed by atoms with van der Waals surface area (Å²) in [7, 11) is 0. The smallest absolute Gasteiger partial charge is 0.115 e. The molecule has 0 saturated heterocycles. The van der Waals surface area contributed by atoms with E-state index in [2.05, 4.69) is 0 Å². The van der Waals surface area contributed by atoms with Gasteiger partial charge in [0.2, 0.25) is 0 Å². The Bertz CT molecular complexity index is 2290. The third-order valence-corrected chi connectivity index (χ3v) is 8.24. The molecule has 0 bridgehead atoms. The molecule has 2 aromatic heterocycles. The van der Waals surface area contributed by atoms with E-state index in [0.717, 1.165) is 33.4 Å². The van der Waals surface area contributed by atoms with Crippen LogP contribution in [0.2, 0.25) is 0 Å². The van der Waals surface area contributed by atoms with Gasteiger partial charge in [-0.3, -0.25) is 0 Å². The van der Waals surface area contributed by atoms with E-state index in [-0.39, 0.29) is 23.0 Å². The van der Waals surface area contributed by atoms with Crippen LogP contribution in [0.15, 0.2) is 133 Å². The van der Waals surface area contributed by atoms with Crippen molar-refractivity contribution in [2.45, 2.75) is 0 Å². The van der Waals surface area contributed by atoms with Crippen LogP contribution in [0.1, 0.15) is 0 Å². The number of hydrogen-bond donors (Lipinski definition) is 4. The summed E-state index contributed by atoms with van der Waals surface area (Å²) >= 11 is 0. The predicted molar refractivity (Wildman–Crippen MR) is 186 cm³/mol. The summed E-state index contributed by atoms with van der Waals surface area (Å²) < 4.78 is 0. The van der Waals surface area contributed by atoms with Gasteiger partial charge in [-0.25, -0.2) is 19.9 Å². The van der Waals surface area contributed by atoms with Crippen LogP contribution in [0.4, 0.5) is 0 Å². The summed E-state index contributed by atoms with van der Waals surface area (Å²) in [6.45, 7) is 0. The maximum absolute atomic E-state index is 10.0. The van der Waals surface area contributed by atoms with Gasteiger partial charge < -0.3 is 20.4 Å². The van der Waals surface area contributed by atoms with E-state index in [9.17, 15) is 20.4 Å². The van der Waals surface area contributed by atoms with Gasteiger partial charge in [0, 0.05) is 33.4 Å². The van der Waals surface area contributed by atoms with Crippen molar-refractivity contribution in [2.75, 3.05) is 0 Å². The molecule has 0 saturated carbocycles. The molecule has 8 nitrogen and oxygen atoms in total. The molecule has 8 aromatic rings. The topological polar surface area (TPSA) is 132 Å². The van der Waals surface area contributed by atoms with Gasteiger partial charge in [-0.1, -0.05) is 24.3 Å². The lowest BCUT2D eigenvalue weighted by molar-refractivity contribution is 0.475. The fourth-order valence-electron chi connectivity index (χ4n) is 5.87.